The summed E-state index contributed by atoms with van der Waals surface area (Å²) in [4.78, 5) is 13.6. The third kappa shape index (κ3) is 1.60. The van der Waals surface area contributed by atoms with E-state index in [9.17, 15) is 9.18 Å². The molecule has 0 aliphatic carbocycles. The highest BCUT2D eigenvalue weighted by atomic mass is 79.9. The summed E-state index contributed by atoms with van der Waals surface area (Å²) in [5.41, 5.74) is -0.673. The van der Waals surface area contributed by atoms with Crippen LogP contribution in [0, 0.1) is 17.1 Å². The van der Waals surface area contributed by atoms with Gasteiger partial charge in [0.15, 0.2) is 5.82 Å². The van der Waals surface area contributed by atoms with Gasteiger partial charge < -0.3 is 4.98 Å². The maximum Gasteiger partial charge on any atom is 0.266 e. The lowest BCUT2D eigenvalue weighted by Crippen LogP contribution is -2.10. The zero-order valence-corrected chi connectivity index (χ0v) is 9.99. The standard InChI is InChI=1S/C10H3BrClFN2O/c11-7-6(12)2-4-1-5(3-14)10(16)15-9(4)8(7)13/h1-2H,(H,15,16). The normalized spacial score (nSPS) is 10.4. The maximum absolute atomic E-state index is 13.7. The summed E-state index contributed by atoms with van der Waals surface area (Å²) in [6.07, 6.45) is 0. The molecule has 3 nitrogen and oxygen atoms in total. The highest BCUT2D eigenvalue weighted by Crippen LogP contribution is 2.30. The predicted octanol–water partition coefficient (Wildman–Crippen LogP) is 2.95. The molecule has 2 rings (SSSR count). The number of aromatic amines is 1. The van der Waals surface area contributed by atoms with Crippen molar-refractivity contribution in [1.82, 2.24) is 4.98 Å². The molecule has 2 aromatic rings. The Morgan fingerprint density at radius 3 is 2.81 bits per heavy atom. The zero-order valence-electron chi connectivity index (χ0n) is 7.64. The lowest BCUT2D eigenvalue weighted by Gasteiger charge is -2.03. The Kier molecular flexibility index (Phi) is 2.70. The van der Waals surface area contributed by atoms with Crippen molar-refractivity contribution in [3.63, 3.8) is 0 Å². The second kappa shape index (κ2) is 3.89. The Hall–Kier alpha value is -1.38. The van der Waals surface area contributed by atoms with Crippen molar-refractivity contribution in [2.24, 2.45) is 0 Å². The molecular weight excluding hydrogens is 298 g/mol. The molecule has 16 heavy (non-hydrogen) atoms. The van der Waals surface area contributed by atoms with E-state index in [1.54, 1.807) is 6.07 Å². The van der Waals surface area contributed by atoms with E-state index in [-0.39, 0.29) is 20.6 Å². The zero-order chi connectivity index (χ0) is 11.9. The van der Waals surface area contributed by atoms with Crippen molar-refractivity contribution in [2.45, 2.75) is 0 Å². The number of nitrogens with zero attached hydrogens (tertiary/aromatic N) is 1. The molecule has 0 atom stereocenters. The molecule has 6 heteroatoms. The van der Waals surface area contributed by atoms with Crippen molar-refractivity contribution in [2.75, 3.05) is 0 Å². The molecule has 1 aromatic carbocycles. The van der Waals surface area contributed by atoms with Gasteiger partial charge in [-0.25, -0.2) is 4.39 Å². The Bertz CT molecular complexity index is 690. The minimum Gasteiger partial charge on any atom is -0.318 e. The molecule has 1 aromatic heterocycles. The van der Waals surface area contributed by atoms with Crippen molar-refractivity contribution < 1.29 is 4.39 Å². The SMILES string of the molecule is N#Cc1cc2cc(Cl)c(Br)c(F)c2[nH]c1=O. The van der Waals surface area contributed by atoms with Crippen LogP contribution in [-0.4, -0.2) is 4.98 Å². The van der Waals surface area contributed by atoms with Gasteiger partial charge in [-0.15, -0.1) is 0 Å². The lowest BCUT2D eigenvalue weighted by molar-refractivity contribution is 0.630. The highest BCUT2D eigenvalue weighted by molar-refractivity contribution is 9.10. The number of aromatic nitrogens is 1. The fraction of sp³-hybridized carbons (Fsp3) is 0. The Morgan fingerprint density at radius 1 is 1.50 bits per heavy atom. The number of hydrogen-bond donors (Lipinski definition) is 1. The molecule has 0 saturated carbocycles. The first-order valence-electron chi connectivity index (χ1n) is 4.15. The average molecular weight is 302 g/mol. The summed E-state index contributed by atoms with van der Waals surface area (Å²) in [7, 11) is 0. The first-order chi connectivity index (χ1) is 7.54. The van der Waals surface area contributed by atoms with Crippen LogP contribution in [0.2, 0.25) is 5.02 Å². The molecular formula is C10H3BrClFN2O. The molecule has 0 aliphatic heterocycles. The Morgan fingerprint density at radius 2 is 2.19 bits per heavy atom. The van der Waals surface area contributed by atoms with E-state index in [1.165, 1.54) is 12.1 Å². The molecule has 0 unspecified atom stereocenters. The van der Waals surface area contributed by atoms with E-state index in [2.05, 4.69) is 20.9 Å². The second-order valence-corrected chi connectivity index (χ2v) is 4.27. The molecule has 80 valence electrons. The monoisotopic (exact) mass is 300 g/mol. The maximum atomic E-state index is 13.7. The summed E-state index contributed by atoms with van der Waals surface area (Å²) in [5, 5.41) is 9.22. The van der Waals surface area contributed by atoms with Crippen LogP contribution in [0.4, 0.5) is 4.39 Å². The fourth-order valence-electron chi connectivity index (χ4n) is 1.34. The summed E-state index contributed by atoms with van der Waals surface area (Å²) >= 11 is 8.73. The van der Waals surface area contributed by atoms with Gasteiger partial charge >= 0.3 is 0 Å². The minimum absolute atomic E-state index is 0.0280. The molecule has 0 saturated heterocycles. The molecule has 0 spiro atoms. The smallest absolute Gasteiger partial charge is 0.266 e. The molecule has 0 amide bonds. The largest absolute Gasteiger partial charge is 0.318 e. The van der Waals surface area contributed by atoms with Crippen LogP contribution in [0.1, 0.15) is 5.56 Å². The lowest BCUT2D eigenvalue weighted by atomic mass is 10.1. The van der Waals surface area contributed by atoms with Crippen LogP contribution >= 0.6 is 27.5 Å². The van der Waals surface area contributed by atoms with E-state index in [0.717, 1.165) is 0 Å². The van der Waals surface area contributed by atoms with Crippen LogP contribution in [0.3, 0.4) is 0 Å². The number of fused-ring (bicyclic) bond motifs is 1. The number of pyridine rings is 1. The summed E-state index contributed by atoms with van der Waals surface area (Å²) in [5.74, 6) is -0.649. The van der Waals surface area contributed by atoms with E-state index in [1.807, 2.05) is 0 Å². The van der Waals surface area contributed by atoms with Crippen molar-refractivity contribution in [3.8, 4) is 6.07 Å². The van der Waals surface area contributed by atoms with Gasteiger partial charge in [-0.3, -0.25) is 4.79 Å². The van der Waals surface area contributed by atoms with Crippen LogP contribution in [0.25, 0.3) is 10.9 Å². The molecule has 0 radical (unpaired) electrons. The molecule has 0 fully saturated rings. The van der Waals surface area contributed by atoms with Gasteiger partial charge in [0, 0.05) is 5.39 Å². The van der Waals surface area contributed by atoms with Gasteiger partial charge in [-0.1, -0.05) is 11.6 Å². The van der Waals surface area contributed by atoms with E-state index in [4.69, 9.17) is 16.9 Å². The number of benzene rings is 1. The summed E-state index contributed by atoms with van der Waals surface area (Å²) in [6.45, 7) is 0. The summed E-state index contributed by atoms with van der Waals surface area (Å²) < 4.78 is 13.8. The number of nitrogens with one attached hydrogen (secondary N) is 1. The number of H-pyrrole nitrogens is 1. The van der Waals surface area contributed by atoms with E-state index >= 15 is 0 Å². The third-order valence-electron chi connectivity index (χ3n) is 2.10. The minimum atomic E-state index is -0.649. The first-order valence-corrected chi connectivity index (χ1v) is 5.32. The van der Waals surface area contributed by atoms with E-state index < -0.39 is 11.4 Å². The average Bonchev–Trinajstić information content (AvgIpc) is 2.27. The number of halogens is 3. The van der Waals surface area contributed by atoms with Gasteiger partial charge in [0.25, 0.3) is 5.56 Å². The topological polar surface area (TPSA) is 56.6 Å². The number of nitriles is 1. The van der Waals surface area contributed by atoms with E-state index in [0.29, 0.717) is 5.39 Å². The van der Waals surface area contributed by atoms with Crippen molar-refractivity contribution >= 4 is 38.4 Å². The molecule has 0 bridgehead atoms. The molecule has 1 N–H and O–H groups in total. The van der Waals surface area contributed by atoms with Crippen LogP contribution in [0.5, 0.6) is 0 Å². The van der Waals surface area contributed by atoms with Crippen molar-refractivity contribution in [3.05, 3.63) is 43.4 Å². The number of rotatable bonds is 0. The van der Waals surface area contributed by atoms with Gasteiger partial charge in [-0.2, -0.15) is 5.26 Å². The highest BCUT2D eigenvalue weighted by Gasteiger charge is 2.12. The van der Waals surface area contributed by atoms with Crippen LogP contribution in [0.15, 0.2) is 21.4 Å². The summed E-state index contributed by atoms with van der Waals surface area (Å²) in [6, 6.07) is 4.49. The second-order valence-electron chi connectivity index (χ2n) is 3.07. The third-order valence-corrected chi connectivity index (χ3v) is 3.40. The van der Waals surface area contributed by atoms with Crippen LogP contribution < -0.4 is 5.56 Å². The Balaban J connectivity index is 2.99. The molecule has 1 heterocycles. The van der Waals surface area contributed by atoms with Gasteiger partial charge in [0.1, 0.15) is 11.6 Å². The predicted molar refractivity (Wildman–Crippen MR) is 62.0 cm³/mol. The molecule has 0 aliphatic rings. The van der Waals surface area contributed by atoms with Gasteiger partial charge in [-0.05, 0) is 28.1 Å². The first kappa shape index (κ1) is 11.1. The van der Waals surface area contributed by atoms with Crippen molar-refractivity contribution in [1.29, 1.82) is 5.26 Å². The van der Waals surface area contributed by atoms with Gasteiger partial charge in [0.2, 0.25) is 0 Å². The fourth-order valence-corrected chi connectivity index (χ4v) is 1.85. The Labute approximate surface area is 103 Å². The van der Waals surface area contributed by atoms with Gasteiger partial charge in [0.05, 0.1) is 15.0 Å². The van der Waals surface area contributed by atoms with Crippen LogP contribution in [-0.2, 0) is 0 Å². The number of hydrogen-bond acceptors (Lipinski definition) is 2. The quantitative estimate of drug-likeness (QED) is 0.761.